The van der Waals surface area contributed by atoms with Gasteiger partial charge in [0.2, 0.25) is 5.75 Å². The molecule has 0 heterocycles. The minimum Gasteiger partial charge on any atom is -0.450 e. The smallest absolute Gasteiger partial charge is 0.311 e. The van der Waals surface area contributed by atoms with Gasteiger partial charge in [-0.3, -0.25) is 15.5 Å². The van der Waals surface area contributed by atoms with Crippen LogP contribution in [0, 0.1) is 22.4 Å². The molecule has 102 valence electrons. The zero-order valence-corrected chi connectivity index (χ0v) is 10.8. The van der Waals surface area contributed by atoms with Crippen molar-refractivity contribution < 1.29 is 9.66 Å². The van der Waals surface area contributed by atoms with Gasteiger partial charge >= 0.3 is 5.69 Å². The van der Waals surface area contributed by atoms with Crippen molar-refractivity contribution in [1.29, 1.82) is 5.41 Å². The average Bonchev–Trinajstić information content (AvgIpc) is 2.41. The van der Waals surface area contributed by atoms with E-state index in [0.29, 0.717) is 16.9 Å². The third-order valence-electron chi connectivity index (χ3n) is 2.77. The summed E-state index contributed by atoms with van der Waals surface area (Å²) in [5.41, 5.74) is 6.52. The minimum absolute atomic E-state index is 0.0431. The predicted molar refractivity (Wildman–Crippen MR) is 75.4 cm³/mol. The molecule has 0 saturated heterocycles. The topological polar surface area (TPSA) is 102 Å². The SMILES string of the molecule is Cc1cccc([N+](=O)[O-])c1Oc1ccc(C(=N)N)cc1. The molecular weight excluding hydrogens is 258 g/mol. The first-order chi connectivity index (χ1) is 9.49. The highest BCUT2D eigenvalue weighted by molar-refractivity contribution is 5.94. The van der Waals surface area contributed by atoms with Gasteiger partial charge in [-0.2, -0.15) is 0 Å². The Bertz CT molecular complexity index is 666. The predicted octanol–water partition coefficient (Wildman–Crippen LogP) is 2.98. The van der Waals surface area contributed by atoms with Gasteiger partial charge in [-0.15, -0.1) is 0 Å². The Morgan fingerprint density at radius 1 is 1.25 bits per heavy atom. The first kappa shape index (κ1) is 13.5. The van der Waals surface area contributed by atoms with Crippen molar-refractivity contribution in [2.45, 2.75) is 6.92 Å². The molecule has 0 fully saturated rings. The number of aryl methyl sites for hydroxylation is 1. The molecule has 0 spiro atoms. The molecule has 6 heteroatoms. The van der Waals surface area contributed by atoms with Gasteiger partial charge in [-0.05, 0) is 36.8 Å². The fourth-order valence-corrected chi connectivity index (χ4v) is 1.73. The lowest BCUT2D eigenvalue weighted by molar-refractivity contribution is -0.385. The van der Waals surface area contributed by atoms with Crippen molar-refractivity contribution in [2.75, 3.05) is 0 Å². The van der Waals surface area contributed by atoms with E-state index in [1.165, 1.54) is 6.07 Å². The Morgan fingerprint density at radius 2 is 1.90 bits per heavy atom. The standard InChI is InChI=1S/C14H13N3O3/c1-9-3-2-4-12(17(18)19)13(9)20-11-7-5-10(6-8-11)14(15)16/h2-8H,1H3,(H3,15,16). The zero-order valence-electron chi connectivity index (χ0n) is 10.8. The van der Waals surface area contributed by atoms with Gasteiger partial charge in [0.1, 0.15) is 11.6 Å². The summed E-state index contributed by atoms with van der Waals surface area (Å²) in [7, 11) is 0. The molecule has 0 radical (unpaired) electrons. The van der Waals surface area contributed by atoms with E-state index in [2.05, 4.69) is 0 Å². The molecule has 20 heavy (non-hydrogen) atoms. The van der Waals surface area contributed by atoms with Crippen LogP contribution in [0.4, 0.5) is 5.69 Å². The second-order valence-corrected chi connectivity index (χ2v) is 4.22. The highest BCUT2D eigenvalue weighted by Gasteiger charge is 2.17. The van der Waals surface area contributed by atoms with Crippen LogP contribution in [-0.2, 0) is 0 Å². The number of para-hydroxylation sites is 1. The lowest BCUT2D eigenvalue weighted by atomic mass is 10.2. The van der Waals surface area contributed by atoms with Gasteiger partial charge in [0.15, 0.2) is 0 Å². The maximum Gasteiger partial charge on any atom is 0.311 e. The molecule has 0 atom stereocenters. The molecule has 0 aromatic heterocycles. The van der Waals surface area contributed by atoms with Crippen LogP contribution >= 0.6 is 0 Å². The van der Waals surface area contributed by atoms with Crippen molar-refractivity contribution in [3.63, 3.8) is 0 Å². The number of hydrogen-bond donors (Lipinski definition) is 2. The van der Waals surface area contributed by atoms with Crippen molar-refractivity contribution >= 4 is 11.5 Å². The summed E-state index contributed by atoms with van der Waals surface area (Å²) in [5, 5.41) is 18.3. The summed E-state index contributed by atoms with van der Waals surface area (Å²) in [6, 6.07) is 11.2. The first-order valence-corrected chi connectivity index (χ1v) is 5.85. The number of ether oxygens (including phenoxy) is 1. The fraction of sp³-hybridized carbons (Fsp3) is 0.0714. The summed E-state index contributed by atoms with van der Waals surface area (Å²) in [6.45, 7) is 1.74. The van der Waals surface area contributed by atoms with Crippen LogP contribution in [0.5, 0.6) is 11.5 Å². The molecule has 0 unspecified atom stereocenters. The van der Waals surface area contributed by atoms with Crippen LogP contribution in [0.15, 0.2) is 42.5 Å². The van der Waals surface area contributed by atoms with E-state index >= 15 is 0 Å². The number of nitrogens with two attached hydrogens (primary N) is 1. The lowest BCUT2D eigenvalue weighted by Crippen LogP contribution is -2.10. The highest BCUT2D eigenvalue weighted by atomic mass is 16.6. The molecule has 6 nitrogen and oxygen atoms in total. The Labute approximate surface area is 115 Å². The largest absolute Gasteiger partial charge is 0.450 e. The van der Waals surface area contributed by atoms with E-state index in [9.17, 15) is 10.1 Å². The number of nitro benzene ring substituents is 1. The number of hydrogen-bond acceptors (Lipinski definition) is 4. The molecule has 0 aliphatic rings. The third-order valence-corrected chi connectivity index (χ3v) is 2.77. The van der Waals surface area contributed by atoms with Gasteiger partial charge in [-0.1, -0.05) is 12.1 Å². The lowest BCUT2D eigenvalue weighted by Gasteiger charge is -2.09. The number of nitrogen functional groups attached to an aromatic ring is 1. The van der Waals surface area contributed by atoms with Crippen LogP contribution in [0.2, 0.25) is 0 Å². The highest BCUT2D eigenvalue weighted by Crippen LogP contribution is 2.34. The molecular formula is C14H13N3O3. The Balaban J connectivity index is 2.34. The first-order valence-electron chi connectivity index (χ1n) is 5.85. The van der Waals surface area contributed by atoms with Crippen molar-refractivity contribution in [3.8, 4) is 11.5 Å². The summed E-state index contributed by atoms with van der Waals surface area (Å²) < 4.78 is 5.58. The number of rotatable bonds is 4. The van der Waals surface area contributed by atoms with Gasteiger partial charge in [0.25, 0.3) is 0 Å². The normalized spacial score (nSPS) is 10.1. The summed E-state index contributed by atoms with van der Waals surface area (Å²) in [5.74, 6) is 0.624. The molecule has 0 saturated carbocycles. The number of benzene rings is 2. The summed E-state index contributed by atoms with van der Waals surface area (Å²) >= 11 is 0. The summed E-state index contributed by atoms with van der Waals surface area (Å²) in [4.78, 5) is 10.5. The maximum atomic E-state index is 11.0. The number of nitro groups is 1. The monoisotopic (exact) mass is 271 g/mol. The van der Waals surface area contributed by atoms with Crippen LogP contribution < -0.4 is 10.5 Å². The Morgan fingerprint density at radius 3 is 2.45 bits per heavy atom. The molecule has 0 aliphatic carbocycles. The molecule has 0 amide bonds. The van der Waals surface area contributed by atoms with Crippen LogP contribution in [0.1, 0.15) is 11.1 Å². The summed E-state index contributed by atoms with van der Waals surface area (Å²) in [6.07, 6.45) is 0. The van der Waals surface area contributed by atoms with Crippen molar-refractivity contribution in [1.82, 2.24) is 0 Å². The number of nitrogens with one attached hydrogen (secondary N) is 1. The van der Waals surface area contributed by atoms with Gasteiger partial charge in [0.05, 0.1) is 4.92 Å². The zero-order chi connectivity index (χ0) is 14.7. The van der Waals surface area contributed by atoms with Gasteiger partial charge < -0.3 is 10.5 Å². The van der Waals surface area contributed by atoms with Gasteiger partial charge in [0, 0.05) is 11.6 Å². The molecule has 0 aliphatic heterocycles. The third kappa shape index (κ3) is 2.74. The molecule has 2 aromatic carbocycles. The van der Waals surface area contributed by atoms with Crippen LogP contribution in [-0.4, -0.2) is 10.8 Å². The number of amidine groups is 1. The van der Waals surface area contributed by atoms with Crippen LogP contribution in [0.3, 0.4) is 0 Å². The fourth-order valence-electron chi connectivity index (χ4n) is 1.73. The van der Waals surface area contributed by atoms with Crippen LogP contribution in [0.25, 0.3) is 0 Å². The average molecular weight is 271 g/mol. The van der Waals surface area contributed by atoms with Crippen molar-refractivity contribution in [2.24, 2.45) is 5.73 Å². The van der Waals surface area contributed by atoms with E-state index in [1.54, 1.807) is 43.3 Å². The Kier molecular flexibility index (Phi) is 3.65. The van der Waals surface area contributed by atoms with E-state index in [-0.39, 0.29) is 17.3 Å². The van der Waals surface area contributed by atoms with E-state index in [4.69, 9.17) is 15.9 Å². The molecule has 2 rings (SSSR count). The maximum absolute atomic E-state index is 11.0. The molecule has 2 aromatic rings. The minimum atomic E-state index is -0.480. The molecule has 3 N–H and O–H groups in total. The molecule has 0 bridgehead atoms. The van der Waals surface area contributed by atoms with E-state index < -0.39 is 4.92 Å². The second-order valence-electron chi connectivity index (χ2n) is 4.22. The van der Waals surface area contributed by atoms with E-state index in [0.717, 1.165) is 0 Å². The van der Waals surface area contributed by atoms with Gasteiger partial charge in [-0.25, -0.2) is 0 Å². The Hall–Kier alpha value is -2.89. The van der Waals surface area contributed by atoms with Crippen molar-refractivity contribution in [3.05, 3.63) is 63.7 Å². The quantitative estimate of drug-likeness (QED) is 0.386. The second kappa shape index (κ2) is 5.40. The number of nitrogens with zero attached hydrogens (tertiary/aromatic N) is 1. The van der Waals surface area contributed by atoms with E-state index in [1.807, 2.05) is 0 Å².